The molecular formula is C7H17BNO2P2W. The zero-order valence-electron chi connectivity index (χ0n) is 9.55. The van der Waals surface area contributed by atoms with Crippen LogP contribution in [0.2, 0.25) is 0 Å². The van der Waals surface area contributed by atoms with Gasteiger partial charge in [-0.2, -0.15) is 0 Å². The predicted octanol–water partition coefficient (Wildman–Crippen LogP) is 0.375. The van der Waals surface area contributed by atoms with E-state index in [1.54, 1.807) is 0 Å². The summed E-state index contributed by atoms with van der Waals surface area (Å²) in [6.45, 7) is 6.26. The number of morpholine rings is 1. The molecule has 81 valence electrons. The van der Waals surface area contributed by atoms with E-state index >= 15 is 0 Å². The summed E-state index contributed by atoms with van der Waals surface area (Å²) in [5.74, 6) is 0. The van der Waals surface area contributed by atoms with E-state index in [4.69, 9.17) is 10.5 Å². The molecule has 0 aromatic carbocycles. The van der Waals surface area contributed by atoms with E-state index in [1.165, 1.54) is 18.8 Å². The van der Waals surface area contributed by atoms with Crippen LogP contribution in [0, 0.1) is 0 Å². The molecule has 0 saturated carbocycles. The van der Waals surface area contributed by atoms with E-state index in [-0.39, 0.29) is 12.1 Å². The predicted molar refractivity (Wildman–Crippen MR) is 61.8 cm³/mol. The van der Waals surface area contributed by atoms with Crippen LogP contribution in [0.15, 0.2) is 0 Å². The first-order valence-electron chi connectivity index (χ1n) is 4.99. The van der Waals surface area contributed by atoms with E-state index in [0.717, 1.165) is 13.1 Å². The van der Waals surface area contributed by atoms with E-state index in [0.29, 0.717) is 6.61 Å². The fraction of sp³-hybridized carbons (Fsp3) is 1.00. The molecule has 7 heteroatoms. The molecule has 1 aliphatic rings. The summed E-state index contributed by atoms with van der Waals surface area (Å²) >= 11 is 1.23. The van der Waals surface area contributed by atoms with Gasteiger partial charge in [-0.15, -0.1) is 0 Å². The quantitative estimate of drug-likeness (QED) is 0.499. The van der Waals surface area contributed by atoms with Crippen molar-refractivity contribution in [2.75, 3.05) is 33.4 Å². The third-order valence-electron chi connectivity index (χ3n) is 2.03. The zero-order chi connectivity index (χ0) is 11.5. The first-order valence-corrected chi connectivity index (χ1v) is 10.8. The van der Waals surface area contributed by atoms with Gasteiger partial charge in [-0.1, -0.05) is 0 Å². The van der Waals surface area contributed by atoms with Crippen molar-refractivity contribution in [3.05, 3.63) is 0 Å². The van der Waals surface area contributed by atoms with Crippen LogP contribution in [0.5, 0.6) is 0 Å². The third-order valence-corrected chi connectivity index (χ3v) is 4.11. The van der Waals surface area contributed by atoms with E-state index in [2.05, 4.69) is 21.1 Å². The summed E-state index contributed by atoms with van der Waals surface area (Å²) in [7, 11) is 4.68. The molecule has 1 heterocycles. The number of hydrogen-bond acceptors (Lipinski definition) is 3. The molecule has 1 rings (SSSR count). The molecule has 1 saturated heterocycles. The Labute approximate surface area is 102 Å². The number of rotatable bonds is 4. The number of hydrogen-bond donors (Lipinski definition) is 0. The van der Waals surface area contributed by atoms with Crippen LogP contribution in [0.3, 0.4) is 0 Å². The molecule has 1 radical (unpaired) electrons. The second-order valence-corrected chi connectivity index (χ2v) is 10.5. The summed E-state index contributed by atoms with van der Waals surface area (Å²) in [6.07, 6.45) is 0.106. The van der Waals surface area contributed by atoms with Gasteiger partial charge in [0, 0.05) is 0 Å². The molecule has 4 atom stereocenters. The molecule has 0 bridgehead atoms. The molecule has 0 spiro atoms. The van der Waals surface area contributed by atoms with Crippen molar-refractivity contribution < 1.29 is 28.1 Å². The van der Waals surface area contributed by atoms with Crippen molar-refractivity contribution >= 4 is 21.8 Å². The van der Waals surface area contributed by atoms with Gasteiger partial charge in [0.15, 0.2) is 0 Å². The number of nitrogens with zero attached hydrogens (tertiary/aromatic N) is 1. The summed E-state index contributed by atoms with van der Waals surface area (Å²) in [5, 5.41) is 0. The Morgan fingerprint density at radius 1 is 1.86 bits per heavy atom. The van der Waals surface area contributed by atoms with Crippen molar-refractivity contribution in [3.63, 3.8) is 0 Å². The van der Waals surface area contributed by atoms with Crippen LogP contribution in [0.1, 0.15) is 0 Å². The molecule has 4 unspecified atom stereocenters. The van der Waals surface area contributed by atoms with Crippen molar-refractivity contribution in [1.29, 1.82) is 1.28 Å². The van der Waals surface area contributed by atoms with Crippen LogP contribution in [-0.4, -0.2) is 58.7 Å². The minimum absolute atomic E-state index is 0.106. The summed E-state index contributed by atoms with van der Waals surface area (Å²) in [6, 6.07) is 0.168. The van der Waals surface area contributed by atoms with Crippen LogP contribution in [0.25, 0.3) is 0 Å². The molecule has 3 nitrogen and oxygen atoms in total. The number of ether oxygens (including phenoxy) is 1. The van der Waals surface area contributed by atoms with Gasteiger partial charge in [0.25, 0.3) is 0 Å². The molecule has 1 fully saturated rings. The topological polar surface area (TPSA) is 21.7 Å². The SMILES string of the molecule is [2H][P](C)(=[W])OCC1CN(C)CC([B]P)O1. The summed E-state index contributed by atoms with van der Waals surface area (Å²) < 4.78 is 19.1. The third kappa shape index (κ3) is 5.01. The minimum atomic E-state index is -1.81. The Morgan fingerprint density at radius 2 is 2.57 bits per heavy atom. The van der Waals surface area contributed by atoms with Gasteiger partial charge in [0.05, 0.1) is 0 Å². The molecule has 0 aliphatic carbocycles. The Bertz CT molecular complexity index is 255. The average Bonchev–Trinajstić information content (AvgIpc) is 2.13. The van der Waals surface area contributed by atoms with Crippen molar-refractivity contribution in [2.24, 2.45) is 0 Å². The number of likely N-dealkylation sites (N-methyl/N-ethyl adjacent to an activating group) is 1. The monoisotopic (exact) mass is 405 g/mol. The van der Waals surface area contributed by atoms with Crippen molar-refractivity contribution in [3.8, 4) is 0 Å². The van der Waals surface area contributed by atoms with Gasteiger partial charge in [-0.25, -0.2) is 0 Å². The van der Waals surface area contributed by atoms with Crippen LogP contribution >= 0.6 is 14.8 Å². The van der Waals surface area contributed by atoms with Gasteiger partial charge in [-0.3, -0.25) is 0 Å². The standard InChI is InChI=1S/C7H17BNO2P2.W/c1-9-3-6(5-10-13-2)11-7(4-9)8-12;/h6-7,13H,3-5,12H2,1-2H3;/i13D;. The molecule has 0 aromatic heterocycles. The molecule has 14 heavy (non-hydrogen) atoms. The van der Waals surface area contributed by atoms with Crippen molar-refractivity contribution in [2.45, 2.75) is 12.1 Å². The van der Waals surface area contributed by atoms with Gasteiger partial charge in [0.2, 0.25) is 0 Å². The molecule has 1 aliphatic heterocycles. The van der Waals surface area contributed by atoms with Crippen LogP contribution < -0.4 is 0 Å². The normalized spacial score (nSPS) is 34.6. The fourth-order valence-corrected chi connectivity index (χ4v) is 2.69. The van der Waals surface area contributed by atoms with Gasteiger partial charge >= 0.3 is 102 Å². The second-order valence-electron chi connectivity index (χ2n) is 3.45. The first-order chi connectivity index (χ1) is 6.90. The maximum absolute atomic E-state index is 7.74. The van der Waals surface area contributed by atoms with E-state index in [1.807, 2.05) is 13.7 Å². The average molecular weight is 405 g/mol. The Morgan fingerprint density at radius 3 is 3.14 bits per heavy atom. The summed E-state index contributed by atoms with van der Waals surface area (Å²) in [5.41, 5.74) is -1.81. The Kier molecular flexibility index (Phi) is 5.93. The van der Waals surface area contributed by atoms with Crippen LogP contribution in [-0.2, 0) is 28.1 Å². The molecule has 0 amide bonds. The van der Waals surface area contributed by atoms with Crippen LogP contribution in [0.4, 0.5) is 0 Å². The molecular weight excluding hydrogens is 387 g/mol. The first kappa shape index (κ1) is 12.0. The fourth-order valence-electron chi connectivity index (χ4n) is 1.45. The summed E-state index contributed by atoms with van der Waals surface area (Å²) in [4.78, 5) is 2.24. The zero-order valence-corrected chi connectivity index (χ0v) is 13.5. The molecule has 0 N–H and O–H groups in total. The second kappa shape index (κ2) is 6.94. The van der Waals surface area contributed by atoms with Gasteiger partial charge in [-0.05, 0) is 0 Å². The maximum atomic E-state index is 7.74. The van der Waals surface area contributed by atoms with Gasteiger partial charge in [0.1, 0.15) is 0 Å². The van der Waals surface area contributed by atoms with E-state index < -0.39 is 5.73 Å². The Hall–Kier alpha value is 1.49. The van der Waals surface area contributed by atoms with Crippen molar-refractivity contribution in [1.82, 2.24) is 4.90 Å². The Balaban J connectivity index is 2.38. The van der Waals surface area contributed by atoms with Gasteiger partial charge < -0.3 is 0 Å². The molecule has 0 aromatic rings. The van der Waals surface area contributed by atoms with E-state index in [9.17, 15) is 0 Å².